The number of fused-ring (bicyclic) bond motifs is 3. The zero-order chi connectivity index (χ0) is 15.3. The molecule has 5 nitrogen and oxygen atoms in total. The molecule has 2 aliphatic heterocycles. The number of halogens is 1. The number of hydrogen-bond donors (Lipinski definition) is 1. The minimum Gasteiger partial charge on any atom is -0.858 e. The summed E-state index contributed by atoms with van der Waals surface area (Å²) >= 11 is 0. The number of rotatable bonds is 1. The Hall–Kier alpha value is -2.57. The van der Waals surface area contributed by atoms with Gasteiger partial charge in [0.05, 0.1) is 17.1 Å². The maximum atomic E-state index is 13.1. The zero-order valence-electron chi connectivity index (χ0n) is 11.6. The van der Waals surface area contributed by atoms with Crippen LogP contribution in [0.5, 0.6) is 0 Å². The Bertz CT molecular complexity index is 760. The molecule has 4 rings (SSSR count). The van der Waals surface area contributed by atoms with E-state index in [2.05, 4.69) is 0 Å². The van der Waals surface area contributed by atoms with E-state index in [0.29, 0.717) is 17.8 Å². The second-order valence-electron chi connectivity index (χ2n) is 5.25. The molecule has 0 aliphatic carbocycles. The van der Waals surface area contributed by atoms with Gasteiger partial charge < -0.3 is 5.11 Å². The molecule has 2 aliphatic rings. The first-order valence-corrected chi connectivity index (χ1v) is 6.99. The molecule has 2 heterocycles. The molecule has 0 radical (unpaired) electrons. The fourth-order valence-corrected chi connectivity index (χ4v) is 2.93. The van der Waals surface area contributed by atoms with Crippen LogP contribution < -0.4 is 15.1 Å². The van der Waals surface area contributed by atoms with Crippen LogP contribution in [-0.2, 0) is 6.42 Å². The van der Waals surface area contributed by atoms with Crippen molar-refractivity contribution in [1.82, 2.24) is 5.28 Å². The zero-order valence-corrected chi connectivity index (χ0v) is 11.6. The van der Waals surface area contributed by atoms with Crippen molar-refractivity contribution in [2.75, 3.05) is 10.0 Å². The predicted molar refractivity (Wildman–Crippen MR) is 76.8 cm³/mol. The Morgan fingerprint density at radius 3 is 2.45 bits per heavy atom. The van der Waals surface area contributed by atoms with Gasteiger partial charge in [-0.1, -0.05) is 18.2 Å². The number of benzene rings is 2. The highest BCUT2D eigenvalue weighted by Gasteiger charge is 2.36. The van der Waals surface area contributed by atoms with Gasteiger partial charge in [0.1, 0.15) is 5.82 Å². The topological polar surface area (TPSA) is 53.0 Å². The number of allylic oxidation sites excluding steroid dienone is 1. The van der Waals surface area contributed by atoms with Gasteiger partial charge in [0, 0.05) is 11.2 Å². The third-order valence-corrected chi connectivity index (χ3v) is 3.97. The second-order valence-corrected chi connectivity index (χ2v) is 5.25. The largest absolute Gasteiger partial charge is 0.858 e. The number of para-hydroxylation sites is 1. The molecule has 0 unspecified atom stereocenters. The van der Waals surface area contributed by atoms with E-state index in [4.69, 9.17) is 0 Å². The Balaban J connectivity index is 1.80. The van der Waals surface area contributed by atoms with Crippen molar-refractivity contribution in [3.8, 4) is 0 Å². The molecule has 112 valence electrons. The Labute approximate surface area is 126 Å². The normalized spacial score (nSPS) is 17.7. The van der Waals surface area contributed by atoms with E-state index in [-0.39, 0.29) is 5.88 Å². The minimum absolute atomic E-state index is 0.302. The molecule has 0 bridgehead atoms. The lowest BCUT2D eigenvalue weighted by atomic mass is 10.0. The molecule has 22 heavy (non-hydrogen) atoms. The van der Waals surface area contributed by atoms with E-state index in [0.717, 1.165) is 28.0 Å². The number of nitrogens with zero attached hydrogens (tertiary/aromatic N) is 3. The first-order chi connectivity index (χ1) is 10.7. The first kappa shape index (κ1) is 13.1. The molecule has 0 atom stereocenters. The molecule has 0 fully saturated rings. The third kappa shape index (κ3) is 1.78. The fraction of sp³-hybridized carbons (Fsp3) is 0.125. The summed E-state index contributed by atoms with van der Waals surface area (Å²) in [5.41, 5.74) is 2.77. The summed E-state index contributed by atoms with van der Waals surface area (Å²) in [5.74, 6) is -0.695. The van der Waals surface area contributed by atoms with Crippen molar-refractivity contribution in [3.63, 3.8) is 0 Å². The van der Waals surface area contributed by atoms with Gasteiger partial charge in [-0.05, 0) is 48.7 Å². The fourth-order valence-electron chi connectivity index (χ4n) is 2.93. The standard InChI is InChI=1S/C16H14FN3O2/c17-12-6-8-13(9-7-12)18-16(21)15-10-5-11-3-1-2-4-14(11)19(15)20(18)22/h1-4,6-9,21-22H,5,10H2/p-1. The summed E-state index contributed by atoms with van der Waals surface area (Å²) in [6.45, 7) is 0. The number of anilines is 2. The number of hydrogen-bond acceptors (Lipinski definition) is 5. The van der Waals surface area contributed by atoms with Gasteiger partial charge in [-0.2, -0.15) is 0 Å². The Morgan fingerprint density at radius 2 is 1.68 bits per heavy atom. The van der Waals surface area contributed by atoms with E-state index in [9.17, 15) is 14.7 Å². The molecule has 0 spiro atoms. The smallest absolute Gasteiger partial charge is 0.123 e. The van der Waals surface area contributed by atoms with Crippen molar-refractivity contribution >= 4 is 11.4 Å². The van der Waals surface area contributed by atoms with Crippen LogP contribution in [-0.4, -0.2) is 10.5 Å². The van der Waals surface area contributed by atoms with Crippen LogP contribution in [0.1, 0.15) is 12.0 Å². The molecular weight excluding hydrogens is 285 g/mol. The van der Waals surface area contributed by atoms with Crippen LogP contribution in [0.15, 0.2) is 60.1 Å². The van der Waals surface area contributed by atoms with Crippen molar-refractivity contribution in [1.29, 1.82) is 0 Å². The molecule has 0 saturated heterocycles. The molecule has 6 heteroatoms. The van der Waals surface area contributed by atoms with Gasteiger partial charge in [0.25, 0.3) is 0 Å². The van der Waals surface area contributed by atoms with Crippen molar-refractivity contribution in [3.05, 3.63) is 71.5 Å². The van der Waals surface area contributed by atoms with E-state index in [1.807, 2.05) is 24.3 Å². The summed E-state index contributed by atoms with van der Waals surface area (Å²) in [6, 6.07) is 13.1. The lowest BCUT2D eigenvalue weighted by Gasteiger charge is -2.35. The van der Waals surface area contributed by atoms with E-state index >= 15 is 0 Å². The predicted octanol–water partition coefficient (Wildman–Crippen LogP) is 2.15. The highest BCUT2D eigenvalue weighted by atomic mass is 19.1. The molecule has 0 saturated carbocycles. The van der Waals surface area contributed by atoms with Gasteiger partial charge in [-0.3, -0.25) is 5.21 Å². The molecule has 1 N–H and O–H groups in total. The van der Waals surface area contributed by atoms with Gasteiger partial charge in [-0.15, -0.1) is 0 Å². The quantitative estimate of drug-likeness (QED) is 0.874. The average Bonchev–Trinajstić information content (AvgIpc) is 2.80. The summed E-state index contributed by atoms with van der Waals surface area (Å²) in [4.78, 5) is 0. The van der Waals surface area contributed by atoms with Crippen molar-refractivity contribution in [2.45, 2.75) is 12.8 Å². The monoisotopic (exact) mass is 298 g/mol. The summed E-state index contributed by atoms with van der Waals surface area (Å²) in [5, 5.41) is 26.5. The van der Waals surface area contributed by atoms with Crippen LogP contribution in [0, 0.1) is 5.82 Å². The van der Waals surface area contributed by atoms with Crippen LogP contribution in [0.4, 0.5) is 15.8 Å². The van der Waals surface area contributed by atoms with Crippen molar-refractivity contribution in [2.24, 2.45) is 0 Å². The summed E-state index contributed by atoms with van der Waals surface area (Å²) < 4.78 is 13.1. The third-order valence-electron chi connectivity index (χ3n) is 3.97. The Morgan fingerprint density at radius 1 is 0.955 bits per heavy atom. The SMILES string of the molecule is [O-]C1=C2CCc3ccccc3N2N(O)N1c1ccc(F)cc1. The molecule has 2 aromatic rings. The van der Waals surface area contributed by atoms with E-state index in [1.54, 1.807) is 0 Å². The molecule has 0 amide bonds. The molecule has 2 aromatic carbocycles. The van der Waals surface area contributed by atoms with Crippen LogP contribution >= 0.6 is 0 Å². The lowest BCUT2D eigenvalue weighted by molar-refractivity contribution is -0.314. The second kappa shape index (κ2) is 4.72. The van der Waals surface area contributed by atoms with Gasteiger partial charge >= 0.3 is 0 Å². The van der Waals surface area contributed by atoms with E-state index in [1.165, 1.54) is 29.3 Å². The van der Waals surface area contributed by atoms with Gasteiger partial charge in [-0.25, -0.2) is 14.4 Å². The number of hydrazine groups is 2. The highest BCUT2D eigenvalue weighted by Crippen LogP contribution is 2.40. The van der Waals surface area contributed by atoms with Crippen LogP contribution in [0.3, 0.4) is 0 Å². The summed E-state index contributed by atoms with van der Waals surface area (Å²) in [6.07, 6.45) is 1.30. The number of aryl methyl sites for hydroxylation is 1. The highest BCUT2D eigenvalue weighted by molar-refractivity contribution is 5.65. The average molecular weight is 298 g/mol. The molecule has 0 aromatic heterocycles. The van der Waals surface area contributed by atoms with Crippen LogP contribution in [0.25, 0.3) is 0 Å². The Kier molecular flexibility index (Phi) is 2.82. The minimum atomic E-state index is -0.393. The van der Waals surface area contributed by atoms with E-state index < -0.39 is 5.82 Å². The lowest BCUT2D eigenvalue weighted by Crippen LogP contribution is -2.46. The van der Waals surface area contributed by atoms with Crippen LogP contribution in [0.2, 0.25) is 0 Å². The molecular formula is C16H13FN3O2-. The maximum absolute atomic E-state index is 13.1. The summed E-state index contributed by atoms with van der Waals surface area (Å²) in [7, 11) is 0. The van der Waals surface area contributed by atoms with Gasteiger partial charge in [0.2, 0.25) is 0 Å². The van der Waals surface area contributed by atoms with Gasteiger partial charge in [0.15, 0.2) is 0 Å². The maximum Gasteiger partial charge on any atom is 0.123 e. The van der Waals surface area contributed by atoms with Crippen molar-refractivity contribution < 1.29 is 14.7 Å². The first-order valence-electron chi connectivity index (χ1n) is 6.99.